The summed E-state index contributed by atoms with van der Waals surface area (Å²) in [7, 11) is -4.02. The first-order valence-corrected chi connectivity index (χ1v) is 15.0. The quantitative estimate of drug-likeness (QED) is 0.258. The van der Waals surface area contributed by atoms with Gasteiger partial charge in [-0.2, -0.15) is 4.98 Å². The molecule has 0 radical (unpaired) electrons. The predicted molar refractivity (Wildman–Crippen MR) is 159 cm³/mol. The van der Waals surface area contributed by atoms with Crippen molar-refractivity contribution in [1.29, 1.82) is 0 Å². The second-order valence-corrected chi connectivity index (χ2v) is 12.8. The fourth-order valence-electron chi connectivity index (χ4n) is 5.10. The Hall–Kier alpha value is -4.72. The van der Waals surface area contributed by atoms with E-state index in [9.17, 15) is 22.4 Å². The zero-order valence-electron chi connectivity index (χ0n) is 23.7. The van der Waals surface area contributed by atoms with Crippen LogP contribution in [0.4, 0.5) is 20.3 Å². The fourth-order valence-corrected chi connectivity index (χ4v) is 6.21. The van der Waals surface area contributed by atoms with Gasteiger partial charge in [-0.25, -0.2) is 36.5 Å². The summed E-state index contributed by atoms with van der Waals surface area (Å²) in [4.78, 5) is 42.1. The van der Waals surface area contributed by atoms with Crippen LogP contribution in [0.2, 0.25) is 0 Å². The van der Waals surface area contributed by atoms with Crippen molar-refractivity contribution >= 4 is 38.3 Å². The lowest BCUT2D eigenvalue weighted by Gasteiger charge is -2.40. The van der Waals surface area contributed by atoms with Crippen molar-refractivity contribution in [2.24, 2.45) is 0 Å². The number of piperazine rings is 1. The molecule has 0 bridgehead atoms. The average molecular weight is 610 g/mol. The smallest absolute Gasteiger partial charge is 0.355 e. The Morgan fingerprint density at radius 3 is 2.53 bits per heavy atom. The minimum atomic E-state index is -4.02. The van der Waals surface area contributed by atoms with Gasteiger partial charge in [-0.15, -0.1) is 0 Å². The molecule has 3 aromatic heterocycles. The Balaban J connectivity index is 1.84. The van der Waals surface area contributed by atoms with Gasteiger partial charge in [0, 0.05) is 37.6 Å². The van der Waals surface area contributed by atoms with Gasteiger partial charge < -0.3 is 15.5 Å². The average Bonchev–Trinajstić information content (AvgIpc) is 2.96. The van der Waals surface area contributed by atoms with Gasteiger partial charge in [0.25, 0.3) is 0 Å². The van der Waals surface area contributed by atoms with Gasteiger partial charge in [0.05, 0.1) is 21.9 Å². The summed E-state index contributed by atoms with van der Waals surface area (Å²) in [5, 5.41) is -1.22. The molecule has 4 aromatic rings. The number of benzene rings is 1. The van der Waals surface area contributed by atoms with E-state index in [1.807, 2.05) is 6.92 Å². The van der Waals surface area contributed by atoms with E-state index in [-0.39, 0.29) is 65.4 Å². The van der Waals surface area contributed by atoms with Crippen LogP contribution < -0.4 is 16.3 Å². The van der Waals surface area contributed by atoms with Crippen molar-refractivity contribution in [3.05, 3.63) is 77.4 Å². The summed E-state index contributed by atoms with van der Waals surface area (Å²) < 4.78 is 58.3. The normalized spacial score (nSPS) is 15.7. The number of carbonyl (C=O) groups excluding carboxylic acids is 1. The van der Waals surface area contributed by atoms with E-state index < -0.39 is 43.1 Å². The van der Waals surface area contributed by atoms with E-state index in [0.29, 0.717) is 0 Å². The highest BCUT2D eigenvalue weighted by molar-refractivity contribution is 7.92. The number of amides is 1. The van der Waals surface area contributed by atoms with Crippen molar-refractivity contribution in [3.8, 4) is 16.9 Å². The zero-order chi connectivity index (χ0) is 31.2. The highest BCUT2D eigenvalue weighted by atomic mass is 32.2. The summed E-state index contributed by atoms with van der Waals surface area (Å²) in [6.07, 6.45) is 2.49. The van der Waals surface area contributed by atoms with Crippen molar-refractivity contribution in [3.63, 3.8) is 0 Å². The molecule has 1 atom stereocenters. The van der Waals surface area contributed by atoms with E-state index in [2.05, 4.69) is 21.5 Å². The number of carbonyl (C=O) groups is 1. The Bertz CT molecular complexity index is 1930. The molecule has 5 rings (SSSR count). The highest BCUT2D eigenvalue weighted by Crippen LogP contribution is 2.35. The van der Waals surface area contributed by atoms with Crippen LogP contribution in [0, 0.1) is 11.6 Å². The van der Waals surface area contributed by atoms with Crippen LogP contribution in [-0.2, 0) is 14.6 Å². The molecule has 1 amide bonds. The number of sulfone groups is 1. The standard InChI is InChI=1S/C29H29F2N7O4S/c1-5-23(39)36-12-13-37(17(4)15-36)26-18-14-20(31)25(24-19(30)8-6-9-21(24)32)34-27(18)38(29(40)35-26)22-10-7-11-33-28(22)43(41,42)16(2)3/h5-11,14,16-17H,1,12-13,15,32H2,2-4H3/t17-/m0/s1. The molecule has 1 saturated heterocycles. The second-order valence-electron chi connectivity index (χ2n) is 10.4. The Kier molecular flexibility index (Phi) is 7.73. The van der Waals surface area contributed by atoms with Gasteiger partial charge in [0.2, 0.25) is 5.91 Å². The van der Waals surface area contributed by atoms with Crippen LogP contribution in [0.25, 0.3) is 28.0 Å². The highest BCUT2D eigenvalue weighted by Gasteiger charge is 2.32. The van der Waals surface area contributed by atoms with E-state index in [4.69, 9.17) is 5.73 Å². The van der Waals surface area contributed by atoms with Crippen LogP contribution in [-0.4, -0.2) is 69.7 Å². The molecule has 11 nitrogen and oxygen atoms in total. The van der Waals surface area contributed by atoms with Gasteiger partial charge in [0.1, 0.15) is 17.3 Å². The fraction of sp³-hybridized carbons (Fsp3) is 0.276. The SMILES string of the molecule is C=CC(=O)N1CCN(c2nc(=O)n(-c3cccnc3S(=O)(=O)C(C)C)c3nc(-c4c(N)cccc4F)c(F)cc23)[C@@H](C)C1. The minimum Gasteiger partial charge on any atom is -0.398 e. The molecule has 1 aliphatic rings. The lowest BCUT2D eigenvalue weighted by molar-refractivity contribution is -0.126. The second kappa shape index (κ2) is 11.2. The maximum absolute atomic E-state index is 15.8. The summed E-state index contributed by atoms with van der Waals surface area (Å²) in [5.41, 5.74) is 3.89. The van der Waals surface area contributed by atoms with Crippen LogP contribution in [0.5, 0.6) is 0 Å². The number of nitrogens with two attached hydrogens (primary N) is 1. The lowest BCUT2D eigenvalue weighted by Crippen LogP contribution is -2.54. The molecule has 43 heavy (non-hydrogen) atoms. The molecule has 1 fully saturated rings. The number of rotatable bonds is 6. The Morgan fingerprint density at radius 1 is 1.14 bits per heavy atom. The first-order valence-electron chi connectivity index (χ1n) is 13.4. The zero-order valence-corrected chi connectivity index (χ0v) is 24.5. The third-order valence-corrected chi connectivity index (χ3v) is 9.45. The van der Waals surface area contributed by atoms with Crippen LogP contribution in [0.15, 0.2) is 65.1 Å². The number of hydrogen-bond acceptors (Lipinski definition) is 9. The monoisotopic (exact) mass is 609 g/mol. The van der Waals surface area contributed by atoms with Crippen LogP contribution >= 0.6 is 0 Å². The number of fused-ring (bicyclic) bond motifs is 1. The van der Waals surface area contributed by atoms with Gasteiger partial charge >= 0.3 is 5.69 Å². The molecule has 224 valence electrons. The third kappa shape index (κ3) is 5.11. The van der Waals surface area contributed by atoms with E-state index in [1.165, 1.54) is 50.4 Å². The molecular weight excluding hydrogens is 580 g/mol. The van der Waals surface area contributed by atoms with Gasteiger partial charge in [-0.1, -0.05) is 12.6 Å². The molecule has 0 spiro atoms. The van der Waals surface area contributed by atoms with Gasteiger partial charge in [0.15, 0.2) is 26.3 Å². The van der Waals surface area contributed by atoms with Crippen LogP contribution in [0.3, 0.4) is 0 Å². The number of nitrogen functional groups attached to an aromatic ring is 1. The number of aromatic nitrogens is 4. The first kappa shape index (κ1) is 29.8. The summed E-state index contributed by atoms with van der Waals surface area (Å²) >= 11 is 0. The van der Waals surface area contributed by atoms with Crippen molar-refractivity contribution in [1.82, 2.24) is 24.4 Å². The molecule has 14 heteroatoms. The topological polar surface area (TPSA) is 144 Å². The molecular formula is C29H29F2N7O4S. The Labute approximate surface area is 246 Å². The molecule has 4 heterocycles. The molecule has 0 saturated carbocycles. The van der Waals surface area contributed by atoms with E-state index in [0.717, 1.165) is 16.7 Å². The molecule has 2 N–H and O–H groups in total. The van der Waals surface area contributed by atoms with E-state index in [1.54, 1.807) is 9.80 Å². The maximum Gasteiger partial charge on any atom is 0.355 e. The summed E-state index contributed by atoms with van der Waals surface area (Å²) in [6, 6.07) is 7.37. The summed E-state index contributed by atoms with van der Waals surface area (Å²) in [6.45, 7) is 9.08. The number of halogens is 2. The molecule has 0 unspecified atom stereocenters. The number of nitrogens with zero attached hydrogens (tertiary/aromatic N) is 6. The lowest BCUT2D eigenvalue weighted by atomic mass is 10.1. The van der Waals surface area contributed by atoms with Crippen molar-refractivity contribution < 1.29 is 22.0 Å². The number of pyridine rings is 2. The maximum atomic E-state index is 15.8. The molecule has 1 aliphatic heterocycles. The summed E-state index contributed by atoms with van der Waals surface area (Å²) in [5.74, 6) is -1.96. The number of anilines is 2. The third-order valence-electron chi connectivity index (χ3n) is 7.35. The van der Waals surface area contributed by atoms with Crippen molar-refractivity contribution in [2.75, 3.05) is 30.3 Å². The van der Waals surface area contributed by atoms with Gasteiger partial charge in [-0.3, -0.25) is 4.79 Å². The molecule has 0 aliphatic carbocycles. The molecule has 1 aromatic carbocycles. The minimum absolute atomic E-state index is 0.0582. The largest absolute Gasteiger partial charge is 0.398 e. The number of hydrogen-bond donors (Lipinski definition) is 1. The van der Waals surface area contributed by atoms with E-state index >= 15 is 4.39 Å². The predicted octanol–water partition coefficient (Wildman–Crippen LogP) is 3.11. The Morgan fingerprint density at radius 2 is 1.88 bits per heavy atom. The van der Waals surface area contributed by atoms with Crippen LogP contribution in [0.1, 0.15) is 20.8 Å². The van der Waals surface area contributed by atoms with Crippen molar-refractivity contribution in [2.45, 2.75) is 37.1 Å². The first-order chi connectivity index (χ1) is 20.4. The van der Waals surface area contributed by atoms with Gasteiger partial charge in [-0.05, 0) is 57.2 Å².